The topological polar surface area (TPSA) is 65.7 Å². The van der Waals surface area contributed by atoms with E-state index >= 15 is 0 Å². The van der Waals surface area contributed by atoms with Crippen LogP contribution in [-0.4, -0.2) is 71.7 Å². The summed E-state index contributed by atoms with van der Waals surface area (Å²) in [5.41, 5.74) is 2.37. The Bertz CT molecular complexity index is 1010. The summed E-state index contributed by atoms with van der Waals surface area (Å²) in [4.78, 5) is 25.1. The lowest BCUT2D eigenvalue weighted by Gasteiger charge is -2.35. The van der Waals surface area contributed by atoms with Crippen molar-refractivity contribution in [1.29, 1.82) is 0 Å². The maximum atomic E-state index is 12.8. The molecule has 0 saturated carbocycles. The molecular weight excluding hydrogens is 410 g/mol. The number of nitrogens with zero attached hydrogens (tertiary/aromatic N) is 5. The highest BCUT2D eigenvalue weighted by molar-refractivity contribution is 7.13. The van der Waals surface area contributed by atoms with E-state index in [0.717, 1.165) is 69.1 Å². The second kappa shape index (κ2) is 9.30. The maximum absolute atomic E-state index is 12.8. The van der Waals surface area contributed by atoms with Crippen LogP contribution < -0.4 is 4.90 Å². The SMILES string of the molecule is O=C(CN1CCN(CCCc2nc(-c3cccs3)no2)CC1)N1CCc2ccccc21. The maximum Gasteiger partial charge on any atom is 0.241 e. The Morgan fingerprint density at radius 3 is 2.71 bits per heavy atom. The molecule has 0 atom stereocenters. The molecule has 0 unspecified atom stereocenters. The largest absolute Gasteiger partial charge is 0.339 e. The molecule has 31 heavy (non-hydrogen) atoms. The van der Waals surface area contributed by atoms with Crippen molar-refractivity contribution in [2.24, 2.45) is 0 Å². The number of fused-ring (bicyclic) bond motifs is 1. The van der Waals surface area contributed by atoms with E-state index in [1.807, 2.05) is 34.5 Å². The van der Waals surface area contributed by atoms with Gasteiger partial charge in [0.05, 0.1) is 11.4 Å². The van der Waals surface area contributed by atoms with E-state index in [1.54, 1.807) is 11.3 Å². The summed E-state index contributed by atoms with van der Waals surface area (Å²) < 4.78 is 5.39. The van der Waals surface area contributed by atoms with Crippen molar-refractivity contribution < 1.29 is 9.32 Å². The van der Waals surface area contributed by atoms with Crippen molar-refractivity contribution in [3.8, 4) is 10.7 Å². The number of hydrogen-bond donors (Lipinski definition) is 0. The van der Waals surface area contributed by atoms with Crippen LogP contribution in [0.4, 0.5) is 5.69 Å². The lowest BCUT2D eigenvalue weighted by Crippen LogP contribution is -2.50. The Morgan fingerprint density at radius 1 is 1.03 bits per heavy atom. The van der Waals surface area contributed by atoms with Gasteiger partial charge in [-0.25, -0.2) is 0 Å². The second-order valence-corrected chi connectivity index (χ2v) is 9.08. The molecule has 8 heteroatoms. The number of benzene rings is 1. The van der Waals surface area contributed by atoms with Gasteiger partial charge in [0.15, 0.2) is 0 Å². The van der Waals surface area contributed by atoms with Crippen LogP contribution >= 0.6 is 11.3 Å². The molecule has 5 rings (SSSR count). The summed E-state index contributed by atoms with van der Waals surface area (Å²) in [6.07, 6.45) is 2.76. The highest BCUT2D eigenvalue weighted by Gasteiger charge is 2.26. The van der Waals surface area contributed by atoms with Gasteiger partial charge in [0.2, 0.25) is 17.6 Å². The second-order valence-electron chi connectivity index (χ2n) is 8.13. The van der Waals surface area contributed by atoms with Gasteiger partial charge in [-0.2, -0.15) is 4.98 Å². The van der Waals surface area contributed by atoms with Crippen LogP contribution in [0.2, 0.25) is 0 Å². The monoisotopic (exact) mass is 437 g/mol. The van der Waals surface area contributed by atoms with E-state index in [-0.39, 0.29) is 5.91 Å². The van der Waals surface area contributed by atoms with Crippen molar-refractivity contribution in [3.63, 3.8) is 0 Å². The third-order valence-electron chi connectivity index (χ3n) is 6.09. The summed E-state index contributed by atoms with van der Waals surface area (Å²) in [7, 11) is 0. The van der Waals surface area contributed by atoms with Gasteiger partial charge in [0, 0.05) is 44.8 Å². The van der Waals surface area contributed by atoms with Gasteiger partial charge in [-0.1, -0.05) is 29.4 Å². The number of rotatable bonds is 7. The van der Waals surface area contributed by atoms with E-state index in [1.165, 1.54) is 5.56 Å². The molecule has 3 aromatic rings. The van der Waals surface area contributed by atoms with Gasteiger partial charge in [-0.3, -0.25) is 9.69 Å². The van der Waals surface area contributed by atoms with Gasteiger partial charge >= 0.3 is 0 Å². The van der Waals surface area contributed by atoms with Crippen LogP contribution in [0.5, 0.6) is 0 Å². The van der Waals surface area contributed by atoms with Crippen LogP contribution in [0.3, 0.4) is 0 Å². The minimum absolute atomic E-state index is 0.219. The molecule has 1 aromatic carbocycles. The average molecular weight is 438 g/mol. The number of anilines is 1. The Labute approximate surface area is 186 Å². The van der Waals surface area contributed by atoms with Crippen molar-refractivity contribution in [2.45, 2.75) is 19.3 Å². The number of thiophene rings is 1. The zero-order chi connectivity index (χ0) is 21.0. The molecule has 2 aliphatic rings. The number of piperazine rings is 1. The molecule has 4 heterocycles. The molecule has 0 bridgehead atoms. The molecule has 0 spiro atoms. The molecule has 0 aliphatic carbocycles. The molecule has 162 valence electrons. The zero-order valence-corrected chi connectivity index (χ0v) is 18.4. The summed E-state index contributed by atoms with van der Waals surface area (Å²) >= 11 is 1.62. The van der Waals surface area contributed by atoms with E-state index in [2.05, 4.69) is 32.1 Å². The highest BCUT2D eigenvalue weighted by Crippen LogP contribution is 2.27. The first kappa shape index (κ1) is 20.4. The quantitative estimate of drug-likeness (QED) is 0.566. The number of carbonyl (C=O) groups excluding carboxylic acids is 1. The van der Waals surface area contributed by atoms with Crippen molar-refractivity contribution in [3.05, 3.63) is 53.2 Å². The summed E-state index contributed by atoms with van der Waals surface area (Å²) in [6, 6.07) is 12.2. The Morgan fingerprint density at radius 2 is 1.87 bits per heavy atom. The predicted octanol–water partition coefficient (Wildman–Crippen LogP) is 2.94. The fourth-order valence-electron chi connectivity index (χ4n) is 4.36. The number of aryl methyl sites for hydroxylation is 1. The van der Waals surface area contributed by atoms with Gasteiger partial charge in [-0.05, 0) is 42.5 Å². The highest BCUT2D eigenvalue weighted by atomic mass is 32.1. The van der Waals surface area contributed by atoms with E-state index in [0.29, 0.717) is 18.3 Å². The molecular formula is C23H27N5O2S. The third kappa shape index (κ3) is 4.71. The Hall–Kier alpha value is -2.55. The first-order valence-electron chi connectivity index (χ1n) is 11.0. The molecule has 0 radical (unpaired) electrons. The normalized spacial score (nSPS) is 17.2. The number of carbonyl (C=O) groups is 1. The molecule has 1 amide bonds. The van der Waals surface area contributed by atoms with Gasteiger partial charge in [0.1, 0.15) is 0 Å². The van der Waals surface area contributed by atoms with Gasteiger partial charge in [0.25, 0.3) is 0 Å². The molecule has 1 fully saturated rings. The molecule has 1 saturated heterocycles. The van der Waals surface area contributed by atoms with Gasteiger partial charge < -0.3 is 14.3 Å². The molecule has 2 aliphatic heterocycles. The average Bonchev–Trinajstić information content (AvgIpc) is 3.55. The predicted molar refractivity (Wildman–Crippen MR) is 121 cm³/mol. The van der Waals surface area contributed by atoms with Crippen LogP contribution in [-0.2, 0) is 17.6 Å². The first-order chi connectivity index (χ1) is 15.3. The van der Waals surface area contributed by atoms with Gasteiger partial charge in [-0.15, -0.1) is 11.3 Å². The van der Waals surface area contributed by atoms with E-state index in [4.69, 9.17) is 4.52 Å². The third-order valence-corrected chi connectivity index (χ3v) is 6.95. The number of amides is 1. The zero-order valence-electron chi connectivity index (χ0n) is 17.6. The molecule has 7 nitrogen and oxygen atoms in total. The summed E-state index contributed by atoms with van der Waals surface area (Å²) in [5, 5.41) is 6.09. The summed E-state index contributed by atoms with van der Waals surface area (Å²) in [6.45, 7) is 6.19. The van der Waals surface area contributed by atoms with E-state index in [9.17, 15) is 4.79 Å². The minimum Gasteiger partial charge on any atom is -0.339 e. The standard InChI is InChI=1S/C23H27N5O2S/c29-22(28-11-9-18-5-1-2-6-19(18)28)17-27-14-12-26(13-15-27)10-3-8-21-24-23(25-30-21)20-7-4-16-31-20/h1-2,4-7,16H,3,8-15,17H2. The van der Waals surface area contributed by atoms with Crippen molar-refractivity contribution in [2.75, 3.05) is 50.7 Å². The number of aromatic nitrogens is 2. The molecule has 2 aromatic heterocycles. The number of hydrogen-bond acceptors (Lipinski definition) is 7. The fraction of sp³-hybridized carbons (Fsp3) is 0.435. The lowest BCUT2D eigenvalue weighted by molar-refractivity contribution is -0.120. The Kier molecular flexibility index (Phi) is 6.11. The van der Waals surface area contributed by atoms with Crippen molar-refractivity contribution in [1.82, 2.24) is 19.9 Å². The van der Waals surface area contributed by atoms with Crippen LogP contribution in [0.1, 0.15) is 17.9 Å². The van der Waals surface area contributed by atoms with Crippen LogP contribution in [0.25, 0.3) is 10.7 Å². The van der Waals surface area contributed by atoms with Crippen LogP contribution in [0, 0.1) is 0 Å². The van der Waals surface area contributed by atoms with Crippen molar-refractivity contribution >= 4 is 22.9 Å². The fourth-order valence-corrected chi connectivity index (χ4v) is 5.01. The minimum atomic E-state index is 0.219. The van der Waals surface area contributed by atoms with E-state index < -0.39 is 0 Å². The Balaban J connectivity index is 1.03. The molecule has 0 N–H and O–H groups in total. The first-order valence-corrected chi connectivity index (χ1v) is 11.8. The summed E-state index contributed by atoms with van der Waals surface area (Å²) in [5.74, 6) is 1.61. The number of para-hydroxylation sites is 1. The lowest BCUT2D eigenvalue weighted by atomic mass is 10.2. The smallest absolute Gasteiger partial charge is 0.241 e. The van der Waals surface area contributed by atoms with Crippen LogP contribution in [0.15, 0.2) is 46.3 Å².